The maximum Gasteiger partial charge on any atom is 0.375 e. The number of hydrogen-bond donors (Lipinski definition) is 0. The highest BCUT2D eigenvalue weighted by molar-refractivity contribution is 6.03. The van der Waals surface area contributed by atoms with E-state index in [1.165, 1.54) is 0 Å². The van der Waals surface area contributed by atoms with Crippen molar-refractivity contribution in [1.82, 2.24) is 0 Å². The van der Waals surface area contributed by atoms with Crippen LogP contribution in [0.3, 0.4) is 0 Å². The second kappa shape index (κ2) is 10.2. The monoisotopic (exact) mass is 362 g/mol. The zero-order valence-corrected chi connectivity index (χ0v) is 15.7. The molecular weight excluding hydrogens is 339 g/mol. The van der Waals surface area contributed by atoms with Crippen molar-refractivity contribution in [3.05, 3.63) is 72.3 Å². The molecule has 27 heavy (non-hydrogen) atoms. The number of methoxy groups -OCH3 is 1. The molecule has 2 aromatic rings. The maximum atomic E-state index is 13.0. The topological polar surface area (TPSA) is 51.1 Å². The molecule has 1 amide bonds. The summed E-state index contributed by atoms with van der Waals surface area (Å²) >= 11 is 0. The summed E-state index contributed by atoms with van der Waals surface area (Å²) in [5, 5.41) is 0. The van der Waals surface area contributed by atoms with Crippen LogP contribution in [0.1, 0.15) is 11.1 Å². The molecule has 2 radical (unpaired) electrons. The second-order valence-electron chi connectivity index (χ2n) is 6.02. The summed E-state index contributed by atoms with van der Waals surface area (Å²) in [6.07, 6.45) is 4.15. The van der Waals surface area contributed by atoms with Crippen molar-refractivity contribution in [3.8, 4) is 5.75 Å². The van der Waals surface area contributed by atoms with Gasteiger partial charge in [0.25, 0.3) is 5.91 Å². The lowest BCUT2D eigenvalue weighted by Gasteiger charge is -2.22. The van der Waals surface area contributed by atoms with Crippen LogP contribution in [0.5, 0.6) is 5.75 Å². The molecule has 0 aliphatic carbocycles. The highest BCUT2D eigenvalue weighted by Gasteiger charge is 2.23. The Morgan fingerprint density at radius 2 is 1.96 bits per heavy atom. The summed E-state index contributed by atoms with van der Waals surface area (Å²) in [7, 11) is 8.37. The van der Waals surface area contributed by atoms with Crippen LogP contribution in [-0.2, 0) is 22.3 Å². The van der Waals surface area contributed by atoms with Gasteiger partial charge in [0, 0.05) is 19.2 Å². The number of carbonyl (C=O) groups excluding carboxylic acids is 1. The minimum Gasteiger partial charge on any atom is -0.560 e. The van der Waals surface area contributed by atoms with E-state index in [9.17, 15) is 4.79 Å². The molecule has 0 bridgehead atoms. The van der Waals surface area contributed by atoms with Crippen LogP contribution in [0.25, 0.3) is 0 Å². The highest BCUT2D eigenvalue weighted by Crippen LogP contribution is 2.20. The highest BCUT2D eigenvalue weighted by atomic mass is 16.5. The first-order chi connectivity index (χ1) is 13.1. The van der Waals surface area contributed by atoms with Crippen molar-refractivity contribution < 1.29 is 14.2 Å². The largest absolute Gasteiger partial charge is 0.560 e. The molecule has 0 heterocycles. The van der Waals surface area contributed by atoms with Gasteiger partial charge in [-0.3, -0.25) is 4.79 Å². The summed E-state index contributed by atoms with van der Waals surface area (Å²) < 4.78 is 9.60. The van der Waals surface area contributed by atoms with Crippen molar-refractivity contribution >= 4 is 26.0 Å². The number of benzene rings is 2. The van der Waals surface area contributed by atoms with Crippen LogP contribution < -0.4 is 9.64 Å². The number of hydrogen-bond acceptors (Lipinski definition) is 4. The number of carbonyl (C=O) groups is 1. The minimum absolute atomic E-state index is 0.164. The standard InChI is InChI=1S/C21H23BN2O3/c1-4-6-16-7-5-8-17(13-16)14-20(23-15-27-22)21(25)24(2)18-9-11-19(26-3)12-10-18/h4-5,7-13,15,20H,1,6,14H2,2-3H3/t20-/m0/s1. The maximum absolute atomic E-state index is 13.0. The first-order valence-electron chi connectivity index (χ1n) is 8.56. The molecule has 0 N–H and O–H groups in total. The summed E-state index contributed by atoms with van der Waals surface area (Å²) in [4.78, 5) is 18.7. The molecule has 138 valence electrons. The second-order valence-corrected chi connectivity index (χ2v) is 6.02. The Kier molecular flexibility index (Phi) is 7.68. The third kappa shape index (κ3) is 5.74. The van der Waals surface area contributed by atoms with Crippen molar-refractivity contribution in [1.29, 1.82) is 0 Å². The van der Waals surface area contributed by atoms with Crippen LogP contribution >= 0.6 is 0 Å². The average Bonchev–Trinajstić information content (AvgIpc) is 2.70. The van der Waals surface area contributed by atoms with Gasteiger partial charge in [-0.2, -0.15) is 0 Å². The number of likely N-dealkylation sites (N-methyl/N-ethyl adjacent to an activating group) is 1. The number of ether oxygens (including phenoxy) is 1. The van der Waals surface area contributed by atoms with Gasteiger partial charge in [0.1, 0.15) is 11.8 Å². The average molecular weight is 362 g/mol. The molecule has 1 atom stereocenters. The van der Waals surface area contributed by atoms with E-state index in [4.69, 9.17) is 12.8 Å². The normalized spacial score (nSPS) is 11.8. The molecule has 5 nitrogen and oxygen atoms in total. The molecular formula is C21H23BN2O3. The zero-order valence-electron chi connectivity index (χ0n) is 15.7. The molecule has 0 saturated carbocycles. The Hall–Kier alpha value is -3.02. The molecule has 0 unspecified atom stereocenters. The molecule has 0 aliphatic rings. The molecule has 2 rings (SSSR count). The summed E-state index contributed by atoms with van der Waals surface area (Å²) in [6.45, 7) is 3.76. The molecule has 0 spiro atoms. The van der Waals surface area contributed by atoms with E-state index in [1.54, 1.807) is 31.2 Å². The van der Waals surface area contributed by atoms with E-state index >= 15 is 0 Å². The van der Waals surface area contributed by atoms with Crippen molar-refractivity contribution in [3.63, 3.8) is 0 Å². The van der Waals surface area contributed by atoms with Gasteiger partial charge in [-0.1, -0.05) is 30.3 Å². The Morgan fingerprint density at radius 3 is 2.59 bits per heavy atom. The van der Waals surface area contributed by atoms with Gasteiger partial charge in [-0.05, 0) is 41.8 Å². The fourth-order valence-corrected chi connectivity index (χ4v) is 2.74. The number of allylic oxidation sites excluding steroid dienone is 1. The van der Waals surface area contributed by atoms with Gasteiger partial charge in [0.2, 0.25) is 0 Å². The van der Waals surface area contributed by atoms with E-state index < -0.39 is 6.04 Å². The SMILES string of the molecule is [B]OC=N[C@@H](Cc1cccc(CC=C)c1)C(=O)N(C)c1ccc(OC)cc1. The van der Waals surface area contributed by atoms with E-state index in [1.807, 2.05) is 42.5 Å². The third-order valence-electron chi connectivity index (χ3n) is 4.18. The molecule has 0 fully saturated rings. The van der Waals surface area contributed by atoms with E-state index in [2.05, 4.69) is 16.2 Å². The fraction of sp³-hybridized carbons (Fsp3) is 0.238. The molecule has 0 aromatic heterocycles. The smallest absolute Gasteiger partial charge is 0.375 e. The molecule has 0 aliphatic heterocycles. The molecule has 2 aromatic carbocycles. The van der Waals surface area contributed by atoms with Gasteiger partial charge in [0.05, 0.1) is 7.11 Å². The lowest BCUT2D eigenvalue weighted by atomic mass is 10.0. The number of aliphatic imine (C=N–C) groups is 1. The van der Waals surface area contributed by atoms with Crippen molar-refractivity contribution in [2.24, 2.45) is 4.99 Å². The lowest BCUT2D eigenvalue weighted by Crippen LogP contribution is -2.37. The van der Waals surface area contributed by atoms with E-state index in [-0.39, 0.29) is 5.91 Å². The Balaban J connectivity index is 2.20. The molecule has 0 saturated heterocycles. The van der Waals surface area contributed by atoms with E-state index in [0.717, 1.165) is 35.4 Å². The first-order valence-corrected chi connectivity index (χ1v) is 8.56. The minimum atomic E-state index is -0.653. The number of rotatable bonds is 9. The Morgan fingerprint density at radius 1 is 1.26 bits per heavy atom. The number of anilines is 1. The predicted octanol–water partition coefficient (Wildman–Crippen LogP) is 3.13. The van der Waals surface area contributed by atoms with E-state index in [0.29, 0.717) is 6.42 Å². The van der Waals surface area contributed by atoms with Gasteiger partial charge >= 0.3 is 8.05 Å². The van der Waals surface area contributed by atoms with Gasteiger partial charge in [-0.25, -0.2) is 4.99 Å². The summed E-state index contributed by atoms with van der Waals surface area (Å²) in [5.74, 6) is 0.562. The quantitative estimate of drug-likeness (QED) is 0.298. The van der Waals surface area contributed by atoms with Crippen LogP contribution in [0.15, 0.2) is 66.2 Å². The number of amides is 1. The van der Waals surface area contributed by atoms with Crippen molar-refractivity contribution in [2.45, 2.75) is 18.9 Å². The van der Waals surface area contributed by atoms with Crippen LogP contribution in [0, 0.1) is 0 Å². The van der Waals surface area contributed by atoms with Crippen molar-refractivity contribution in [2.75, 3.05) is 19.1 Å². The molecule has 6 heteroatoms. The fourth-order valence-electron chi connectivity index (χ4n) is 2.74. The zero-order chi connectivity index (χ0) is 19.6. The van der Waals surface area contributed by atoms with Crippen LogP contribution in [0.2, 0.25) is 0 Å². The third-order valence-corrected chi connectivity index (χ3v) is 4.18. The van der Waals surface area contributed by atoms with Crippen LogP contribution in [0.4, 0.5) is 5.69 Å². The predicted molar refractivity (Wildman–Crippen MR) is 110 cm³/mol. The summed E-state index contributed by atoms with van der Waals surface area (Å²) in [6, 6.07) is 14.6. The van der Waals surface area contributed by atoms with Gasteiger partial charge in [-0.15, -0.1) is 6.58 Å². The lowest BCUT2D eigenvalue weighted by molar-refractivity contribution is -0.119. The Labute approximate surface area is 161 Å². The van der Waals surface area contributed by atoms with Gasteiger partial charge < -0.3 is 14.3 Å². The Bertz CT molecular complexity index is 790. The summed E-state index contributed by atoms with van der Waals surface area (Å²) in [5.41, 5.74) is 2.89. The van der Waals surface area contributed by atoms with Crippen LogP contribution in [-0.4, -0.2) is 40.6 Å². The van der Waals surface area contributed by atoms with Gasteiger partial charge in [0.15, 0.2) is 6.40 Å². The number of nitrogens with zero attached hydrogens (tertiary/aromatic N) is 2. The first kappa shape index (κ1) is 20.3.